The number of aryl methyl sites for hydroxylation is 2. The number of thiophene rings is 1. The molecule has 0 bridgehead atoms. The predicted molar refractivity (Wildman–Crippen MR) is 125 cm³/mol. The van der Waals surface area contributed by atoms with Gasteiger partial charge in [0.1, 0.15) is 0 Å². The van der Waals surface area contributed by atoms with E-state index in [1.165, 1.54) is 63.9 Å². The molecule has 0 aliphatic heterocycles. The molecule has 6 rings (SSSR count). The molecule has 0 radical (unpaired) electrons. The Hall–Kier alpha value is -2.84. The number of benzene rings is 4. The highest BCUT2D eigenvalue weighted by Crippen LogP contribution is 2.41. The van der Waals surface area contributed by atoms with Crippen molar-refractivity contribution in [1.82, 2.24) is 4.98 Å². The summed E-state index contributed by atoms with van der Waals surface area (Å²) in [6.07, 6.45) is 2.15. The molecule has 0 aliphatic carbocycles. The van der Waals surface area contributed by atoms with Gasteiger partial charge in [0.2, 0.25) is 0 Å². The molecule has 2 heterocycles. The van der Waals surface area contributed by atoms with E-state index in [9.17, 15) is 0 Å². The van der Waals surface area contributed by atoms with E-state index in [0.29, 0.717) is 0 Å². The van der Waals surface area contributed by atoms with Crippen molar-refractivity contribution in [2.45, 2.75) is 26.7 Å². The molecule has 1 nitrogen and oxygen atoms in total. The van der Waals surface area contributed by atoms with Crippen LogP contribution in [0.3, 0.4) is 0 Å². The molecule has 2 aromatic heterocycles. The minimum atomic E-state index is 1.06. The lowest BCUT2D eigenvalue weighted by Crippen LogP contribution is -1.78. The molecule has 0 amide bonds. The van der Waals surface area contributed by atoms with E-state index in [4.69, 9.17) is 0 Å². The number of aromatic amines is 1. The van der Waals surface area contributed by atoms with Crippen LogP contribution in [-0.2, 0) is 12.8 Å². The van der Waals surface area contributed by atoms with E-state index >= 15 is 0 Å². The highest BCUT2D eigenvalue weighted by molar-refractivity contribution is 7.26. The lowest BCUT2D eigenvalue weighted by Gasteiger charge is -2.02. The molecule has 0 saturated carbocycles. The van der Waals surface area contributed by atoms with Crippen molar-refractivity contribution in [3.05, 3.63) is 71.8 Å². The van der Waals surface area contributed by atoms with Gasteiger partial charge >= 0.3 is 0 Å². The number of H-pyrrole nitrogens is 1. The molecule has 0 aliphatic rings. The summed E-state index contributed by atoms with van der Waals surface area (Å²) in [5, 5.41) is 8.06. The predicted octanol–water partition coefficient (Wildman–Crippen LogP) is 7.97. The first-order valence-corrected chi connectivity index (χ1v) is 10.9. The van der Waals surface area contributed by atoms with Crippen molar-refractivity contribution >= 4 is 64.1 Å². The van der Waals surface area contributed by atoms with Crippen LogP contribution < -0.4 is 0 Å². The lowest BCUT2D eigenvalue weighted by molar-refractivity contribution is 1.14. The fourth-order valence-corrected chi connectivity index (χ4v) is 5.84. The Labute approximate surface area is 167 Å². The first kappa shape index (κ1) is 16.1. The number of rotatable bonds is 2. The second-order valence-corrected chi connectivity index (χ2v) is 8.72. The Bertz CT molecular complexity index is 1410. The highest BCUT2D eigenvalue weighted by Gasteiger charge is 2.13. The van der Waals surface area contributed by atoms with Crippen molar-refractivity contribution < 1.29 is 0 Å². The Kier molecular flexibility index (Phi) is 3.36. The Balaban J connectivity index is 1.72. The van der Waals surface area contributed by atoms with Gasteiger partial charge in [-0.05, 0) is 36.1 Å². The SMILES string of the molecule is CCc1ccc2c(c1)[nH]c1c2ccc2c1ccc1c3ccc(CC)cc3sc12. The largest absolute Gasteiger partial charge is 0.354 e. The van der Waals surface area contributed by atoms with Crippen LogP contribution in [0, 0.1) is 0 Å². The van der Waals surface area contributed by atoms with Crippen LogP contribution in [0.5, 0.6) is 0 Å². The first-order valence-electron chi connectivity index (χ1n) is 10.1. The molecule has 4 aromatic carbocycles. The molecule has 1 N–H and O–H groups in total. The number of hydrogen-bond donors (Lipinski definition) is 1. The average Bonchev–Trinajstić information content (AvgIpc) is 3.30. The smallest absolute Gasteiger partial charge is 0.0545 e. The van der Waals surface area contributed by atoms with Crippen molar-refractivity contribution in [3.8, 4) is 0 Å². The standard InChI is InChI=1S/C26H21NS/c1-3-15-5-7-17-19-9-12-22-20(25(19)27-23(17)13-15)10-11-21-18-8-6-16(4-2)14-24(18)28-26(21)22/h5-14,27H,3-4H2,1-2H3. The summed E-state index contributed by atoms with van der Waals surface area (Å²) in [5.74, 6) is 0. The van der Waals surface area contributed by atoms with Gasteiger partial charge in [-0.3, -0.25) is 0 Å². The van der Waals surface area contributed by atoms with Crippen LogP contribution in [0.2, 0.25) is 0 Å². The van der Waals surface area contributed by atoms with Crippen LogP contribution in [0.4, 0.5) is 0 Å². The monoisotopic (exact) mass is 379 g/mol. The number of aromatic nitrogens is 1. The normalized spacial score (nSPS) is 12.2. The van der Waals surface area contributed by atoms with Gasteiger partial charge in [-0.1, -0.05) is 62.4 Å². The molecule has 6 aromatic rings. The summed E-state index contributed by atoms with van der Waals surface area (Å²) in [5.41, 5.74) is 5.29. The summed E-state index contributed by atoms with van der Waals surface area (Å²) < 4.78 is 2.79. The number of hydrogen-bond acceptors (Lipinski definition) is 1. The van der Waals surface area contributed by atoms with E-state index in [1.807, 2.05) is 11.3 Å². The fourth-order valence-electron chi connectivity index (χ4n) is 4.55. The van der Waals surface area contributed by atoms with Crippen LogP contribution >= 0.6 is 11.3 Å². The Morgan fingerprint density at radius 3 is 1.96 bits per heavy atom. The summed E-state index contributed by atoms with van der Waals surface area (Å²) in [4.78, 5) is 3.72. The van der Waals surface area contributed by atoms with E-state index in [1.54, 1.807) is 0 Å². The first-order chi connectivity index (χ1) is 13.8. The molecule has 0 spiro atoms. The van der Waals surface area contributed by atoms with Crippen molar-refractivity contribution in [1.29, 1.82) is 0 Å². The quantitative estimate of drug-likeness (QED) is 0.314. The van der Waals surface area contributed by atoms with Crippen molar-refractivity contribution in [2.75, 3.05) is 0 Å². The molecule has 0 atom stereocenters. The van der Waals surface area contributed by atoms with Crippen LogP contribution in [0.15, 0.2) is 60.7 Å². The molecular weight excluding hydrogens is 358 g/mol. The van der Waals surface area contributed by atoms with Gasteiger partial charge in [0.25, 0.3) is 0 Å². The van der Waals surface area contributed by atoms with Crippen LogP contribution in [-0.4, -0.2) is 4.98 Å². The second-order valence-electron chi connectivity index (χ2n) is 7.67. The minimum Gasteiger partial charge on any atom is -0.354 e. The molecule has 28 heavy (non-hydrogen) atoms. The van der Waals surface area contributed by atoms with Crippen molar-refractivity contribution in [3.63, 3.8) is 0 Å². The fraction of sp³-hybridized carbons (Fsp3) is 0.154. The van der Waals surface area contributed by atoms with Gasteiger partial charge in [-0.25, -0.2) is 0 Å². The van der Waals surface area contributed by atoms with E-state index in [2.05, 4.69) is 79.5 Å². The van der Waals surface area contributed by atoms with E-state index in [-0.39, 0.29) is 0 Å². The minimum absolute atomic E-state index is 1.06. The number of fused-ring (bicyclic) bond motifs is 9. The maximum Gasteiger partial charge on any atom is 0.0545 e. The molecule has 2 heteroatoms. The third-order valence-electron chi connectivity index (χ3n) is 6.15. The Morgan fingerprint density at radius 1 is 0.643 bits per heavy atom. The van der Waals surface area contributed by atoms with E-state index < -0.39 is 0 Å². The highest BCUT2D eigenvalue weighted by atomic mass is 32.1. The number of nitrogens with one attached hydrogen (secondary N) is 1. The molecular formula is C26H21NS. The van der Waals surface area contributed by atoms with E-state index in [0.717, 1.165) is 12.8 Å². The van der Waals surface area contributed by atoms with Gasteiger partial charge in [0.05, 0.1) is 5.52 Å². The average molecular weight is 380 g/mol. The topological polar surface area (TPSA) is 15.8 Å². The second kappa shape index (κ2) is 5.83. The zero-order valence-electron chi connectivity index (χ0n) is 16.1. The van der Waals surface area contributed by atoms with Gasteiger partial charge in [-0.2, -0.15) is 0 Å². The zero-order chi connectivity index (χ0) is 18.8. The third kappa shape index (κ3) is 2.12. The van der Waals surface area contributed by atoms with Gasteiger partial charge in [0, 0.05) is 47.2 Å². The summed E-state index contributed by atoms with van der Waals surface area (Å²) in [6.45, 7) is 4.43. The maximum absolute atomic E-state index is 3.72. The maximum atomic E-state index is 3.72. The van der Waals surface area contributed by atoms with Gasteiger partial charge in [-0.15, -0.1) is 11.3 Å². The van der Waals surface area contributed by atoms with Crippen LogP contribution in [0.25, 0.3) is 52.8 Å². The third-order valence-corrected chi connectivity index (χ3v) is 7.35. The molecule has 136 valence electrons. The Morgan fingerprint density at radius 2 is 1.21 bits per heavy atom. The summed E-state index contributed by atoms with van der Waals surface area (Å²) >= 11 is 1.93. The molecule has 0 unspecified atom stereocenters. The summed E-state index contributed by atoms with van der Waals surface area (Å²) in [7, 11) is 0. The zero-order valence-corrected chi connectivity index (χ0v) is 16.9. The van der Waals surface area contributed by atoms with Gasteiger partial charge < -0.3 is 4.98 Å². The van der Waals surface area contributed by atoms with Gasteiger partial charge in [0.15, 0.2) is 0 Å². The molecule has 0 saturated heterocycles. The lowest BCUT2D eigenvalue weighted by atomic mass is 10.0. The van der Waals surface area contributed by atoms with Crippen molar-refractivity contribution in [2.24, 2.45) is 0 Å². The van der Waals surface area contributed by atoms with Crippen LogP contribution in [0.1, 0.15) is 25.0 Å². The molecule has 0 fully saturated rings. The summed E-state index contributed by atoms with van der Waals surface area (Å²) in [6, 6.07) is 23.0.